The standard InChI is InChI=1S/C25H27N3O/c29-21(18-26-14-16-27(17-15-26)20-8-2-1-3-9-20)19-28-24-12-6-4-10-22(24)23-11-5-7-13-25(23)28/h1-13,21,29H,14-19H2/t21-/m1/s1. The number of aliphatic hydroxyl groups excluding tert-OH is 1. The van der Waals surface area contributed by atoms with E-state index in [0.717, 1.165) is 26.2 Å². The minimum atomic E-state index is -0.391. The van der Waals surface area contributed by atoms with Crippen molar-refractivity contribution >= 4 is 27.5 Å². The average Bonchev–Trinajstić information content (AvgIpc) is 3.09. The Kier molecular flexibility index (Phi) is 4.96. The van der Waals surface area contributed by atoms with E-state index in [0.29, 0.717) is 13.1 Å². The molecule has 1 aliphatic heterocycles. The van der Waals surface area contributed by atoms with E-state index in [1.165, 1.54) is 27.5 Å². The summed E-state index contributed by atoms with van der Waals surface area (Å²) in [6, 6.07) is 27.6. The molecule has 4 nitrogen and oxygen atoms in total. The molecule has 1 aliphatic rings. The lowest BCUT2D eigenvalue weighted by molar-refractivity contribution is 0.0969. The van der Waals surface area contributed by atoms with Gasteiger partial charge in [0.05, 0.1) is 12.6 Å². The maximum Gasteiger partial charge on any atom is 0.0845 e. The first kappa shape index (κ1) is 18.2. The molecule has 148 valence electrons. The highest BCUT2D eigenvalue weighted by molar-refractivity contribution is 6.07. The van der Waals surface area contributed by atoms with E-state index in [1.807, 2.05) is 0 Å². The van der Waals surface area contributed by atoms with Crippen molar-refractivity contribution in [3.05, 3.63) is 78.9 Å². The summed E-state index contributed by atoms with van der Waals surface area (Å²) in [4.78, 5) is 4.81. The Morgan fingerprint density at radius 3 is 1.83 bits per heavy atom. The molecule has 0 radical (unpaired) electrons. The molecule has 1 aromatic heterocycles. The van der Waals surface area contributed by atoms with Crippen LogP contribution in [0.15, 0.2) is 78.9 Å². The minimum absolute atomic E-state index is 0.391. The third-order valence-electron chi connectivity index (χ3n) is 6.04. The highest BCUT2D eigenvalue weighted by atomic mass is 16.3. The summed E-state index contributed by atoms with van der Waals surface area (Å²) in [7, 11) is 0. The molecule has 1 atom stereocenters. The van der Waals surface area contributed by atoms with E-state index >= 15 is 0 Å². The fourth-order valence-electron chi connectivity index (χ4n) is 4.59. The molecule has 0 unspecified atom stereocenters. The summed E-state index contributed by atoms with van der Waals surface area (Å²) in [6.45, 7) is 5.31. The second-order valence-corrected chi connectivity index (χ2v) is 7.92. The third-order valence-corrected chi connectivity index (χ3v) is 6.04. The van der Waals surface area contributed by atoms with Gasteiger partial charge in [0.15, 0.2) is 0 Å². The predicted octanol–water partition coefficient (Wildman–Crippen LogP) is 3.98. The van der Waals surface area contributed by atoms with Crippen molar-refractivity contribution in [3.8, 4) is 0 Å². The van der Waals surface area contributed by atoms with Gasteiger partial charge in [-0.1, -0.05) is 54.6 Å². The molecule has 0 amide bonds. The van der Waals surface area contributed by atoms with Gasteiger partial charge in [0.25, 0.3) is 0 Å². The molecule has 0 bridgehead atoms. The highest BCUT2D eigenvalue weighted by Crippen LogP contribution is 2.29. The number of hydrogen-bond acceptors (Lipinski definition) is 3. The molecule has 4 heteroatoms. The number of benzene rings is 3. The highest BCUT2D eigenvalue weighted by Gasteiger charge is 2.20. The third kappa shape index (κ3) is 3.61. The van der Waals surface area contributed by atoms with Crippen molar-refractivity contribution in [3.63, 3.8) is 0 Å². The number of hydrogen-bond donors (Lipinski definition) is 1. The first-order valence-electron chi connectivity index (χ1n) is 10.5. The van der Waals surface area contributed by atoms with Crippen molar-refractivity contribution in [2.75, 3.05) is 37.6 Å². The Balaban J connectivity index is 1.27. The molecule has 1 N–H and O–H groups in total. The van der Waals surface area contributed by atoms with Crippen molar-refractivity contribution in [2.45, 2.75) is 12.6 Å². The lowest BCUT2D eigenvalue weighted by Crippen LogP contribution is -2.49. The van der Waals surface area contributed by atoms with Crippen LogP contribution in [0.4, 0.5) is 5.69 Å². The quantitative estimate of drug-likeness (QED) is 0.564. The smallest absolute Gasteiger partial charge is 0.0845 e. The molecule has 1 saturated heterocycles. The number of β-amino-alcohol motifs (C(OH)–C–C–N with tert-alkyl or cyclic N) is 1. The van der Waals surface area contributed by atoms with Crippen LogP contribution in [0.25, 0.3) is 21.8 Å². The van der Waals surface area contributed by atoms with Crippen LogP contribution >= 0.6 is 0 Å². The topological polar surface area (TPSA) is 31.6 Å². The molecule has 1 fully saturated rings. The average molecular weight is 386 g/mol. The normalized spacial score (nSPS) is 16.5. The molecule has 0 spiro atoms. The fourth-order valence-corrected chi connectivity index (χ4v) is 4.59. The summed E-state index contributed by atoms with van der Waals surface area (Å²) < 4.78 is 2.27. The van der Waals surface area contributed by atoms with E-state index < -0.39 is 6.10 Å². The van der Waals surface area contributed by atoms with E-state index in [-0.39, 0.29) is 0 Å². The maximum atomic E-state index is 10.9. The Hall–Kier alpha value is -2.82. The van der Waals surface area contributed by atoms with Crippen LogP contribution in [-0.2, 0) is 6.54 Å². The number of piperazine rings is 1. The monoisotopic (exact) mass is 385 g/mol. The Labute approximate surface area is 171 Å². The lowest BCUT2D eigenvalue weighted by atomic mass is 10.2. The zero-order valence-corrected chi connectivity index (χ0v) is 16.6. The number of para-hydroxylation sites is 3. The largest absolute Gasteiger partial charge is 0.390 e. The first-order chi connectivity index (χ1) is 14.3. The zero-order chi connectivity index (χ0) is 19.6. The predicted molar refractivity (Wildman–Crippen MR) is 121 cm³/mol. The van der Waals surface area contributed by atoms with E-state index in [9.17, 15) is 5.11 Å². The lowest BCUT2D eigenvalue weighted by Gasteiger charge is -2.37. The second kappa shape index (κ2) is 7.90. The van der Waals surface area contributed by atoms with Crippen LogP contribution < -0.4 is 4.90 Å². The van der Waals surface area contributed by atoms with Gasteiger partial charge in [0.1, 0.15) is 0 Å². The number of nitrogens with zero attached hydrogens (tertiary/aromatic N) is 3. The first-order valence-corrected chi connectivity index (χ1v) is 10.5. The maximum absolute atomic E-state index is 10.9. The van der Waals surface area contributed by atoms with Gasteiger partial charge in [-0.15, -0.1) is 0 Å². The molecule has 4 aromatic rings. The van der Waals surface area contributed by atoms with Gasteiger partial charge < -0.3 is 14.6 Å². The van der Waals surface area contributed by atoms with Gasteiger partial charge >= 0.3 is 0 Å². The Morgan fingerprint density at radius 2 is 1.21 bits per heavy atom. The van der Waals surface area contributed by atoms with E-state index in [2.05, 4.69) is 93.2 Å². The number of rotatable bonds is 5. The summed E-state index contributed by atoms with van der Waals surface area (Å²) in [5.74, 6) is 0. The molecule has 0 aliphatic carbocycles. The van der Waals surface area contributed by atoms with Gasteiger partial charge in [-0.05, 0) is 24.3 Å². The van der Waals surface area contributed by atoms with Crippen LogP contribution in [-0.4, -0.2) is 53.4 Å². The summed E-state index contributed by atoms with van der Waals surface area (Å²) >= 11 is 0. The van der Waals surface area contributed by atoms with Crippen molar-refractivity contribution in [1.82, 2.24) is 9.47 Å². The SMILES string of the molecule is O[C@H](CN1CCN(c2ccccc2)CC1)Cn1c2ccccc2c2ccccc21. The van der Waals surface area contributed by atoms with Crippen molar-refractivity contribution in [1.29, 1.82) is 0 Å². The Morgan fingerprint density at radius 1 is 0.655 bits per heavy atom. The molecule has 29 heavy (non-hydrogen) atoms. The number of anilines is 1. The summed E-state index contributed by atoms with van der Waals surface area (Å²) in [5, 5.41) is 13.4. The van der Waals surface area contributed by atoms with E-state index in [1.54, 1.807) is 0 Å². The van der Waals surface area contributed by atoms with Crippen molar-refractivity contribution < 1.29 is 5.11 Å². The summed E-state index contributed by atoms with van der Waals surface area (Å²) in [5.41, 5.74) is 3.68. The van der Waals surface area contributed by atoms with Gasteiger partial charge in [-0.3, -0.25) is 4.90 Å². The Bertz CT molecular complexity index is 1040. The molecule has 5 rings (SSSR count). The van der Waals surface area contributed by atoms with Gasteiger partial charge in [-0.2, -0.15) is 0 Å². The van der Waals surface area contributed by atoms with Gasteiger partial charge in [-0.25, -0.2) is 0 Å². The number of fused-ring (bicyclic) bond motifs is 3. The van der Waals surface area contributed by atoms with Crippen molar-refractivity contribution in [2.24, 2.45) is 0 Å². The zero-order valence-electron chi connectivity index (χ0n) is 16.6. The van der Waals surface area contributed by atoms with Crippen LogP contribution in [0, 0.1) is 0 Å². The van der Waals surface area contributed by atoms with Crippen LogP contribution in [0.3, 0.4) is 0 Å². The minimum Gasteiger partial charge on any atom is -0.390 e. The molecule has 3 aromatic carbocycles. The molecule has 2 heterocycles. The number of aliphatic hydroxyl groups is 1. The fraction of sp³-hybridized carbons (Fsp3) is 0.280. The molecule has 0 saturated carbocycles. The molecular weight excluding hydrogens is 358 g/mol. The van der Waals surface area contributed by atoms with Gasteiger partial charge in [0, 0.05) is 60.2 Å². The number of aromatic nitrogens is 1. The molecular formula is C25H27N3O. The van der Waals surface area contributed by atoms with E-state index in [4.69, 9.17) is 0 Å². The van der Waals surface area contributed by atoms with Crippen LogP contribution in [0.1, 0.15) is 0 Å². The van der Waals surface area contributed by atoms with Crippen LogP contribution in [0.2, 0.25) is 0 Å². The second-order valence-electron chi connectivity index (χ2n) is 7.92. The van der Waals surface area contributed by atoms with Crippen LogP contribution in [0.5, 0.6) is 0 Å². The van der Waals surface area contributed by atoms with Gasteiger partial charge in [0.2, 0.25) is 0 Å². The summed E-state index contributed by atoms with van der Waals surface area (Å²) in [6.07, 6.45) is -0.391.